The second-order valence-corrected chi connectivity index (χ2v) is 6.17. The predicted molar refractivity (Wildman–Crippen MR) is 76.5 cm³/mol. The molecule has 2 saturated carbocycles. The smallest absolute Gasteiger partial charge is 0.317 e. The molecule has 0 aromatic rings. The molecule has 0 aromatic heterocycles. The fourth-order valence-corrected chi connectivity index (χ4v) is 3.01. The van der Waals surface area contributed by atoms with E-state index in [-0.39, 0.29) is 12.1 Å². The van der Waals surface area contributed by atoms with Gasteiger partial charge in [0.2, 0.25) is 0 Å². The van der Waals surface area contributed by atoms with Gasteiger partial charge in [0.05, 0.1) is 5.92 Å². The van der Waals surface area contributed by atoms with Crippen LogP contribution in [0.3, 0.4) is 0 Å². The summed E-state index contributed by atoms with van der Waals surface area (Å²) >= 11 is 0. The summed E-state index contributed by atoms with van der Waals surface area (Å²) in [5.74, 6) is -0.537. The van der Waals surface area contributed by atoms with Crippen LogP contribution in [-0.2, 0) is 4.79 Å². The first-order chi connectivity index (χ1) is 9.61. The first-order valence-corrected chi connectivity index (χ1v) is 7.90. The zero-order chi connectivity index (χ0) is 14.5. The number of nitrogens with zero attached hydrogens (tertiary/aromatic N) is 1. The number of carbonyl (C=O) groups excluding carboxylic acids is 1. The zero-order valence-electron chi connectivity index (χ0n) is 12.3. The number of carbonyl (C=O) groups is 2. The maximum Gasteiger partial charge on any atom is 0.317 e. The number of carboxylic acid groups (broad SMARTS) is 1. The first-order valence-electron chi connectivity index (χ1n) is 7.90. The van der Waals surface area contributed by atoms with Crippen molar-refractivity contribution in [3.8, 4) is 0 Å². The number of nitrogens with one attached hydrogen (secondary N) is 1. The number of hydrogen-bond acceptors (Lipinski definition) is 2. The predicted octanol–water partition coefficient (Wildman–Crippen LogP) is 2.46. The van der Waals surface area contributed by atoms with Gasteiger partial charge in [-0.1, -0.05) is 19.8 Å². The highest BCUT2D eigenvalue weighted by atomic mass is 16.4. The Kier molecular flexibility index (Phi) is 5.26. The van der Waals surface area contributed by atoms with Gasteiger partial charge >= 0.3 is 12.0 Å². The average molecular weight is 282 g/mol. The molecule has 2 unspecified atom stereocenters. The van der Waals surface area contributed by atoms with Crippen LogP contribution in [0.2, 0.25) is 0 Å². The number of hydrogen-bond donors (Lipinski definition) is 2. The minimum absolute atomic E-state index is 0.0723. The molecule has 0 bridgehead atoms. The summed E-state index contributed by atoms with van der Waals surface area (Å²) in [5, 5.41) is 12.2. The minimum Gasteiger partial charge on any atom is -0.481 e. The summed E-state index contributed by atoms with van der Waals surface area (Å²) in [6.45, 7) is 3.64. The molecule has 114 valence electrons. The number of amides is 2. The SMILES string of the molecule is CCCN(CC1CC1)C(=O)NC1CCCCC1C(=O)O. The average Bonchev–Trinajstić information content (AvgIpc) is 3.22. The molecule has 0 aromatic carbocycles. The van der Waals surface area contributed by atoms with Crippen molar-refractivity contribution in [2.24, 2.45) is 11.8 Å². The fraction of sp³-hybridized carbons (Fsp3) is 0.867. The summed E-state index contributed by atoms with van der Waals surface area (Å²) in [5.41, 5.74) is 0. The summed E-state index contributed by atoms with van der Waals surface area (Å²) in [6, 6.07) is -0.274. The topological polar surface area (TPSA) is 69.6 Å². The van der Waals surface area contributed by atoms with Crippen LogP contribution in [0, 0.1) is 11.8 Å². The molecule has 2 atom stereocenters. The summed E-state index contributed by atoms with van der Waals surface area (Å²) < 4.78 is 0. The normalized spacial score (nSPS) is 26.1. The van der Waals surface area contributed by atoms with E-state index in [0.717, 1.165) is 38.8 Å². The molecule has 0 spiro atoms. The lowest BCUT2D eigenvalue weighted by Gasteiger charge is -2.32. The lowest BCUT2D eigenvalue weighted by molar-refractivity contribution is -0.143. The molecule has 5 nitrogen and oxygen atoms in total. The standard InChI is InChI=1S/C15H26N2O3/c1-2-9-17(10-11-7-8-11)15(20)16-13-6-4-3-5-12(13)14(18)19/h11-13H,2-10H2,1H3,(H,16,20)(H,18,19). The molecule has 0 saturated heterocycles. The van der Waals surface area contributed by atoms with Crippen LogP contribution >= 0.6 is 0 Å². The van der Waals surface area contributed by atoms with Gasteiger partial charge in [-0.05, 0) is 38.0 Å². The third-order valence-electron chi connectivity index (χ3n) is 4.35. The second kappa shape index (κ2) is 6.95. The van der Waals surface area contributed by atoms with Gasteiger partial charge in [-0.2, -0.15) is 0 Å². The van der Waals surface area contributed by atoms with Crippen molar-refractivity contribution in [1.82, 2.24) is 10.2 Å². The van der Waals surface area contributed by atoms with E-state index in [1.165, 1.54) is 12.8 Å². The zero-order valence-corrected chi connectivity index (χ0v) is 12.3. The van der Waals surface area contributed by atoms with Gasteiger partial charge in [-0.15, -0.1) is 0 Å². The Labute approximate surface area is 120 Å². The van der Waals surface area contributed by atoms with Crippen molar-refractivity contribution in [1.29, 1.82) is 0 Å². The van der Waals surface area contributed by atoms with Crippen molar-refractivity contribution in [2.45, 2.75) is 57.9 Å². The van der Waals surface area contributed by atoms with Gasteiger partial charge < -0.3 is 15.3 Å². The van der Waals surface area contributed by atoms with Crippen LogP contribution in [0.1, 0.15) is 51.9 Å². The highest BCUT2D eigenvalue weighted by molar-refractivity contribution is 5.77. The molecule has 2 N–H and O–H groups in total. The van der Waals surface area contributed by atoms with E-state index in [2.05, 4.69) is 12.2 Å². The summed E-state index contributed by atoms with van der Waals surface area (Å²) in [4.78, 5) is 25.5. The van der Waals surface area contributed by atoms with Crippen molar-refractivity contribution >= 4 is 12.0 Å². The monoisotopic (exact) mass is 282 g/mol. The Bertz CT molecular complexity index is 355. The van der Waals surface area contributed by atoms with Crippen molar-refractivity contribution in [3.05, 3.63) is 0 Å². The molecule has 0 radical (unpaired) electrons. The Morgan fingerprint density at radius 3 is 2.50 bits per heavy atom. The van der Waals surface area contributed by atoms with E-state index >= 15 is 0 Å². The Balaban J connectivity index is 1.90. The third kappa shape index (κ3) is 4.12. The number of aliphatic carboxylic acids is 1. The maximum atomic E-state index is 12.4. The Morgan fingerprint density at radius 2 is 1.90 bits per heavy atom. The molecule has 2 amide bonds. The quantitative estimate of drug-likeness (QED) is 0.786. The van der Waals surface area contributed by atoms with E-state index < -0.39 is 11.9 Å². The largest absolute Gasteiger partial charge is 0.481 e. The van der Waals surface area contributed by atoms with Crippen LogP contribution in [0.25, 0.3) is 0 Å². The number of urea groups is 1. The fourth-order valence-electron chi connectivity index (χ4n) is 3.01. The molecular weight excluding hydrogens is 256 g/mol. The molecular formula is C15H26N2O3. The number of rotatable bonds is 6. The lowest BCUT2D eigenvalue weighted by Crippen LogP contribution is -2.50. The van der Waals surface area contributed by atoms with Crippen LogP contribution in [0.5, 0.6) is 0 Å². The van der Waals surface area contributed by atoms with Gasteiger partial charge in [0.25, 0.3) is 0 Å². The van der Waals surface area contributed by atoms with Gasteiger partial charge in [0.15, 0.2) is 0 Å². The molecule has 2 rings (SSSR count). The van der Waals surface area contributed by atoms with E-state index in [1.807, 2.05) is 4.90 Å². The van der Waals surface area contributed by atoms with Crippen LogP contribution in [0.4, 0.5) is 4.79 Å². The van der Waals surface area contributed by atoms with Crippen molar-refractivity contribution in [2.75, 3.05) is 13.1 Å². The van der Waals surface area contributed by atoms with E-state index in [0.29, 0.717) is 12.3 Å². The molecule has 2 aliphatic rings. The summed E-state index contributed by atoms with van der Waals surface area (Å²) in [6.07, 6.45) is 6.79. The van der Waals surface area contributed by atoms with Crippen LogP contribution < -0.4 is 5.32 Å². The van der Waals surface area contributed by atoms with E-state index in [9.17, 15) is 14.7 Å². The molecule has 20 heavy (non-hydrogen) atoms. The van der Waals surface area contributed by atoms with Gasteiger partial charge in [-0.3, -0.25) is 4.79 Å². The molecule has 2 fully saturated rings. The third-order valence-corrected chi connectivity index (χ3v) is 4.35. The number of carboxylic acids is 1. The Morgan fingerprint density at radius 1 is 1.20 bits per heavy atom. The van der Waals surface area contributed by atoms with Crippen molar-refractivity contribution < 1.29 is 14.7 Å². The second-order valence-electron chi connectivity index (χ2n) is 6.17. The molecule has 5 heteroatoms. The van der Waals surface area contributed by atoms with Crippen LogP contribution in [0.15, 0.2) is 0 Å². The Hall–Kier alpha value is -1.26. The van der Waals surface area contributed by atoms with Gasteiger partial charge in [0, 0.05) is 19.1 Å². The van der Waals surface area contributed by atoms with Crippen molar-refractivity contribution in [3.63, 3.8) is 0 Å². The van der Waals surface area contributed by atoms with Crippen LogP contribution in [-0.4, -0.2) is 41.1 Å². The molecule has 2 aliphatic carbocycles. The maximum absolute atomic E-state index is 12.4. The van der Waals surface area contributed by atoms with E-state index in [4.69, 9.17) is 0 Å². The van der Waals surface area contributed by atoms with E-state index in [1.54, 1.807) is 0 Å². The molecule has 0 heterocycles. The first kappa shape index (κ1) is 15.1. The molecule has 0 aliphatic heterocycles. The lowest BCUT2D eigenvalue weighted by atomic mass is 9.84. The van der Waals surface area contributed by atoms with Gasteiger partial charge in [-0.25, -0.2) is 4.79 Å². The van der Waals surface area contributed by atoms with Gasteiger partial charge in [0.1, 0.15) is 0 Å². The summed E-state index contributed by atoms with van der Waals surface area (Å²) in [7, 11) is 0. The minimum atomic E-state index is -0.778. The highest BCUT2D eigenvalue weighted by Gasteiger charge is 2.33. The highest BCUT2D eigenvalue weighted by Crippen LogP contribution is 2.30.